The molecule has 82 valence electrons. The molecule has 0 bridgehead atoms. The van der Waals surface area contributed by atoms with Crippen LogP contribution in [-0.4, -0.2) is 23.1 Å². The van der Waals surface area contributed by atoms with Gasteiger partial charge in [-0.3, -0.25) is 9.59 Å². The summed E-state index contributed by atoms with van der Waals surface area (Å²) in [6, 6.07) is 0. The van der Waals surface area contributed by atoms with E-state index < -0.39 is 0 Å². The van der Waals surface area contributed by atoms with Crippen molar-refractivity contribution in [2.24, 2.45) is 5.41 Å². The fraction of sp³-hybridized carbons (Fsp3) is 0.800. The molecule has 1 amide bonds. The molecular formula is C10H18BrNO2. The molecule has 4 heteroatoms. The average molecular weight is 264 g/mol. The molecule has 1 unspecified atom stereocenters. The van der Waals surface area contributed by atoms with Crippen LogP contribution in [0, 0.1) is 5.41 Å². The van der Waals surface area contributed by atoms with E-state index in [9.17, 15) is 9.59 Å². The number of halogens is 1. The van der Waals surface area contributed by atoms with Crippen LogP contribution in [0.1, 0.15) is 34.1 Å². The molecule has 0 rings (SSSR count). The highest BCUT2D eigenvalue weighted by atomic mass is 79.9. The van der Waals surface area contributed by atoms with Gasteiger partial charge in [0.2, 0.25) is 5.91 Å². The average Bonchev–Trinajstić information content (AvgIpc) is 1.96. The van der Waals surface area contributed by atoms with E-state index >= 15 is 0 Å². The number of Topliss-reactive ketones (excluding diaryl/α,β-unsaturated/α-hetero) is 1. The van der Waals surface area contributed by atoms with Crippen LogP contribution in [0.4, 0.5) is 0 Å². The summed E-state index contributed by atoms with van der Waals surface area (Å²) in [5.74, 6) is -0.149. The van der Waals surface area contributed by atoms with Gasteiger partial charge in [0.05, 0.1) is 11.4 Å². The Hall–Kier alpha value is -0.380. The fourth-order valence-corrected chi connectivity index (χ4v) is 2.09. The van der Waals surface area contributed by atoms with E-state index in [4.69, 9.17) is 0 Å². The molecule has 0 spiro atoms. The third-order valence-corrected chi connectivity index (χ3v) is 2.33. The molecule has 1 N–H and O–H groups in total. The normalized spacial score (nSPS) is 13.5. The lowest BCUT2D eigenvalue weighted by molar-refractivity contribution is -0.124. The summed E-state index contributed by atoms with van der Waals surface area (Å²) in [6.45, 7) is 7.77. The van der Waals surface area contributed by atoms with E-state index in [1.165, 1.54) is 6.92 Å². The number of rotatable bonds is 4. The summed E-state index contributed by atoms with van der Waals surface area (Å²) < 4.78 is 0. The monoisotopic (exact) mass is 263 g/mol. The number of ketones is 1. The first-order valence-electron chi connectivity index (χ1n) is 4.63. The molecule has 0 fully saturated rings. The van der Waals surface area contributed by atoms with Gasteiger partial charge < -0.3 is 5.32 Å². The highest BCUT2D eigenvalue weighted by Crippen LogP contribution is 2.24. The number of hydrogen-bond donors (Lipinski definition) is 1. The maximum absolute atomic E-state index is 11.4. The molecule has 0 heterocycles. The van der Waals surface area contributed by atoms with Gasteiger partial charge in [0.1, 0.15) is 5.78 Å². The molecule has 0 saturated heterocycles. The predicted octanol–water partition coefficient (Wildman–Crippen LogP) is 1.89. The van der Waals surface area contributed by atoms with Crippen LogP contribution < -0.4 is 5.32 Å². The van der Waals surface area contributed by atoms with Crippen molar-refractivity contribution in [3.8, 4) is 0 Å². The van der Waals surface area contributed by atoms with E-state index in [0.717, 1.165) is 6.42 Å². The van der Waals surface area contributed by atoms with Gasteiger partial charge in [0.15, 0.2) is 0 Å². The second kappa shape index (κ2) is 5.49. The summed E-state index contributed by atoms with van der Waals surface area (Å²) in [5.41, 5.74) is 0.0989. The van der Waals surface area contributed by atoms with Gasteiger partial charge in [-0.1, -0.05) is 36.7 Å². The Bertz CT molecular complexity index is 221. The maximum Gasteiger partial charge on any atom is 0.234 e. The van der Waals surface area contributed by atoms with Crippen molar-refractivity contribution in [1.82, 2.24) is 5.32 Å². The fourth-order valence-electron chi connectivity index (χ4n) is 0.953. The van der Waals surface area contributed by atoms with Gasteiger partial charge >= 0.3 is 0 Å². The van der Waals surface area contributed by atoms with Gasteiger partial charge in [-0.05, 0) is 18.8 Å². The standard InChI is InChI=1S/C10H18BrNO2/c1-7(13)6-12-9(14)8(11)5-10(2,3)4/h8H,5-6H2,1-4H3,(H,12,14). The topological polar surface area (TPSA) is 46.2 Å². The lowest BCUT2D eigenvalue weighted by atomic mass is 9.90. The first-order valence-corrected chi connectivity index (χ1v) is 5.55. The maximum atomic E-state index is 11.4. The largest absolute Gasteiger partial charge is 0.348 e. The molecule has 3 nitrogen and oxygen atoms in total. The minimum Gasteiger partial charge on any atom is -0.348 e. The van der Waals surface area contributed by atoms with Crippen LogP contribution in [0.15, 0.2) is 0 Å². The van der Waals surface area contributed by atoms with Gasteiger partial charge in [0, 0.05) is 0 Å². The Morgan fingerprint density at radius 3 is 2.21 bits per heavy atom. The van der Waals surface area contributed by atoms with Gasteiger partial charge in [-0.15, -0.1) is 0 Å². The van der Waals surface area contributed by atoms with Crippen molar-refractivity contribution in [3.05, 3.63) is 0 Å². The lowest BCUT2D eigenvalue weighted by Gasteiger charge is -2.21. The van der Waals surface area contributed by atoms with Crippen molar-refractivity contribution in [1.29, 1.82) is 0 Å². The first kappa shape index (κ1) is 13.6. The summed E-state index contributed by atoms with van der Waals surface area (Å²) in [4.78, 5) is 21.8. The molecular weight excluding hydrogens is 246 g/mol. The first-order chi connectivity index (χ1) is 6.22. The molecule has 0 radical (unpaired) electrons. The molecule has 0 aromatic heterocycles. The number of amides is 1. The van der Waals surface area contributed by atoms with Crippen molar-refractivity contribution in [3.63, 3.8) is 0 Å². The van der Waals surface area contributed by atoms with Gasteiger partial charge in [0.25, 0.3) is 0 Å². The van der Waals surface area contributed by atoms with Crippen LogP contribution in [0.3, 0.4) is 0 Å². The third kappa shape index (κ3) is 7.06. The van der Waals surface area contributed by atoms with Crippen molar-refractivity contribution in [2.75, 3.05) is 6.54 Å². The second-order valence-electron chi connectivity index (χ2n) is 4.65. The van der Waals surface area contributed by atoms with Gasteiger partial charge in [-0.25, -0.2) is 0 Å². The van der Waals surface area contributed by atoms with E-state index in [-0.39, 0.29) is 28.5 Å². The Morgan fingerprint density at radius 2 is 1.86 bits per heavy atom. The van der Waals surface area contributed by atoms with E-state index in [0.29, 0.717) is 0 Å². The smallest absolute Gasteiger partial charge is 0.234 e. The van der Waals surface area contributed by atoms with Crippen molar-refractivity contribution >= 4 is 27.6 Å². The zero-order chi connectivity index (χ0) is 11.4. The Labute approximate surface area is 93.8 Å². The Balaban J connectivity index is 3.94. The predicted molar refractivity (Wildman–Crippen MR) is 60.5 cm³/mol. The highest BCUT2D eigenvalue weighted by Gasteiger charge is 2.22. The molecule has 0 aromatic rings. The number of carbonyl (C=O) groups excluding carboxylic acids is 2. The van der Waals surface area contributed by atoms with E-state index in [1.807, 2.05) is 0 Å². The number of alkyl halides is 1. The summed E-state index contributed by atoms with van der Waals surface area (Å²) in [5, 5.41) is 2.57. The molecule has 0 aliphatic rings. The zero-order valence-electron chi connectivity index (χ0n) is 9.19. The zero-order valence-corrected chi connectivity index (χ0v) is 10.8. The van der Waals surface area contributed by atoms with E-state index in [1.54, 1.807) is 0 Å². The Morgan fingerprint density at radius 1 is 1.36 bits per heavy atom. The molecule has 0 aliphatic heterocycles. The van der Waals surface area contributed by atoms with Crippen molar-refractivity contribution < 1.29 is 9.59 Å². The second-order valence-corrected chi connectivity index (χ2v) is 5.76. The molecule has 14 heavy (non-hydrogen) atoms. The van der Waals surface area contributed by atoms with Crippen LogP contribution in [0.2, 0.25) is 0 Å². The molecule has 0 aliphatic carbocycles. The van der Waals surface area contributed by atoms with Gasteiger partial charge in [-0.2, -0.15) is 0 Å². The molecule has 0 aromatic carbocycles. The minimum atomic E-state index is -0.221. The van der Waals surface area contributed by atoms with Crippen LogP contribution in [-0.2, 0) is 9.59 Å². The summed E-state index contributed by atoms with van der Waals surface area (Å²) in [7, 11) is 0. The highest BCUT2D eigenvalue weighted by molar-refractivity contribution is 9.10. The van der Waals surface area contributed by atoms with E-state index in [2.05, 4.69) is 42.0 Å². The van der Waals surface area contributed by atoms with Crippen molar-refractivity contribution in [2.45, 2.75) is 38.9 Å². The SMILES string of the molecule is CC(=O)CNC(=O)C(Br)CC(C)(C)C. The summed E-state index contributed by atoms with van der Waals surface area (Å²) in [6.07, 6.45) is 0.747. The number of hydrogen-bond acceptors (Lipinski definition) is 2. The van der Waals surface area contributed by atoms with Crippen LogP contribution in [0.5, 0.6) is 0 Å². The lowest BCUT2D eigenvalue weighted by Crippen LogP contribution is -2.36. The minimum absolute atomic E-state index is 0.0335. The number of carbonyl (C=O) groups is 2. The van der Waals surface area contributed by atoms with Crippen LogP contribution >= 0.6 is 15.9 Å². The molecule has 1 atom stereocenters. The number of nitrogens with one attached hydrogen (secondary N) is 1. The summed E-state index contributed by atoms with van der Waals surface area (Å²) >= 11 is 3.31. The Kier molecular flexibility index (Phi) is 5.34. The third-order valence-electron chi connectivity index (χ3n) is 1.59. The van der Waals surface area contributed by atoms with Crippen LogP contribution in [0.25, 0.3) is 0 Å². The molecule has 0 saturated carbocycles. The quantitative estimate of drug-likeness (QED) is 0.788.